The zero-order valence-corrected chi connectivity index (χ0v) is 12.8. The number of fused-ring (bicyclic) bond motifs is 1. The molecule has 0 bridgehead atoms. The summed E-state index contributed by atoms with van der Waals surface area (Å²) in [4.78, 5) is 4.47. The van der Waals surface area contributed by atoms with Crippen molar-refractivity contribution >= 4 is 16.8 Å². The summed E-state index contributed by atoms with van der Waals surface area (Å²) in [5, 5.41) is 20.4. The van der Waals surface area contributed by atoms with Crippen molar-refractivity contribution in [2.24, 2.45) is 0 Å². The fourth-order valence-corrected chi connectivity index (χ4v) is 2.14. The molecule has 6 nitrogen and oxygen atoms in total. The Morgan fingerprint density at radius 2 is 2.04 bits per heavy atom. The number of nitrogens with zero attached hydrogens (tertiary/aromatic N) is 3. The maximum atomic E-state index is 8.73. The van der Waals surface area contributed by atoms with Gasteiger partial charge in [-0.2, -0.15) is 10.5 Å². The zero-order chi connectivity index (χ0) is 16.9. The molecule has 0 aliphatic rings. The molecule has 116 valence electrons. The lowest BCUT2D eigenvalue weighted by Gasteiger charge is -2.00. The Morgan fingerprint density at radius 1 is 1.21 bits per heavy atom. The summed E-state index contributed by atoms with van der Waals surface area (Å²) in [6, 6.07) is 16.4. The predicted octanol–water partition coefficient (Wildman–Crippen LogP) is 3.85. The van der Waals surface area contributed by atoms with Crippen molar-refractivity contribution in [1.29, 1.82) is 10.5 Å². The Labute approximate surface area is 138 Å². The van der Waals surface area contributed by atoms with Gasteiger partial charge in [-0.05, 0) is 36.4 Å². The van der Waals surface area contributed by atoms with Crippen LogP contribution in [0, 0.1) is 22.7 Å². The number of hydrogen-bond acceptors (Lipinski definition) is 6. The number of oxazole rings is 1. The summed E-state index contributed by atoms with van der Waals surface area (Å²) in [5.41, 5.74) is 2.82. The predicted molar refractivity (Wildman–Crippen MR) is 88.9 cm³/mol. The first-order chi connectivity index (χ1) is 11.7. The van der Waals surface area contributed by atoms with Crippen LogP contribution in [0.25, 0.3) is 22.6 Å². The number of benzene rings is 2. The van der Waals surface area contributed by atoms with E-state index in [0.717, 1.165) is 11.3 Å². The Balaban J connectivity index is 1.93. The molecule has 0 aliphatic heterocycles. The zero-order valence-electron chi connectivity index (χ0n) is 12.8. The Kier molecular flexibility index (Phi) is 4.13. The van der Waals surface area contributed by atoms with Crippen molar-refractivity contribution in [1.82, 2.24) is 4.98 Å². The molecule has 6 heteroatoms. The van der Waals surface area contributed by atoms with Crippen LogP contribution in [0.5, 0.6) is 5.75 Å². The van der Waals surface area contributed by atoms with Crippen LogP contribution in [0.4, 0.5) is 5.69 Å². The van der Waals surface area contributed by atoms with E-state index in [2.05, 4.69) is 10.3 Å². The van der Waals surface area contributed by atoms with Crippen LogP contribution >= 0.6 is 0 Å². The molecule has 0 spiro atoms. The maximum absolute atomic E-state index is 8.73. The van der Waals surface area contributed by atoms with E-state index in [4.69, 9.17) is 19.7 Å². The molecule has 3 rings (SSSR count). The van der Waals surface area contributed by atoms with Crippen LogP contribution in [0.1, 0.15) is 0 Å². The number of anilines is 1. The van der Waals surface area contributed by atoms with Gasteiger partial charge in [0, 0.05) is 17.5 Å². The molecule has 3 aromatic rings. The van der Waals surface area contributed by atoms with E-state index >= 15 is 0 Å². The van der Waals surface area contributed by atoms with E-state index in [-0.39, 0.29) is 5.57 Å². The van der Waals surface area contributed by atoms with Crippen molar-refractivity contribution in [3.8, 4) is 29.3 Å². The van der Waals surface area contributed by atoms with Crippen LogP contribution in [0.3, 0.4) is 0 Å². The Hall–Kier alpha value is -3.77. The van der Waals surface area contributed by atoms with Gasteiger partial charge in [0.15, 0.2) is 5.58 Å². The summed E-state index contributed by atoms with van der Waals surface area (Å²) in [7, 11) is 1.60. The van der Waals surface area contributed by atoms with Crippen molar-refractivity contribution in [2.45, 2.75) is 0 Å². The van der Waals surface area contributed by atoms with Gasteiger partial charge >= 0.3 is 0 Å². The second-order valence-electron chi connectivity index (χ2n) is 4.86. The summed E-state index contributed by atoms with van der Waals surface area (Å²) in [5.74, 6) is 1.22. The number of hydrogen-bond donors (Lipinski definition) is 1. The lowest BCUT2D eigenvalue weighted by atomic mass is 10.2. The number of aromatic nitrogens is 1. The smallest absolute Gasteiger partial charge is 0.227 e. The number of ether oxygens (including phenoxy) is 1. The maximum Gasteiger partial charge on any atom is 0.227 e. The minimum absolute atomic E-state index is 0.00711. The normalized spacial score (nSPS) is 9.79. The average Bonchev–Trinajstić information content (AvgIpc) is 3.06. The van der Waals surface area contributed by atoms with Gasteiger partial charge in [-0.1, -0.05) is 6.07 Å². The van der Waals surface area contributed by atoms with Crippen molar-refractivity contribution in [3.05, 3.63) is 54.2 Å². The minimum Gasteiger partial charge on any atom is -0.497 e. The van der Waals surface area contributed by atoms with Crippen molar-refractivity contribution < 1.29 is 9.15 Å². The molecule has 1 N–H and O–H groups in total. The van der Waals surface area contributed by atoms with Gasteiger partial charge in [0.2, 0.25) is 5.89 Å². The topological polar surface area (TPSA) is 94.9 Å². The first-order valence-corrected chi connectivity index (χ1v) is 7.05. The number of methoxy groups -OCH3 is 1. The highest BCUT2D eigenvalue weighted by atomic mass is 16.5. The third-order valence-electron chi connectivity index (χ3n) is 3.33. The Bertz CT molecular complexity index is 990. The highest BCUT2D eigenvalue weighted by Gasteiger charge is 2.09. The molecule has 0 radical (unpaired) electrons. The van der Waals surface area contributed by atoms with Crippen LogP contribution in [0.2, 0.25) is 0 Å². The third-order valence-corrected chi connectivity index (χ3v) is 3.33. The number of allylic oxidation sites excluding steroid dienone is 1. The van der Waals surface area contributed by atoms with E-state index in [9.17, 15) is 0 Å². The van der Waals surface area contributed by atoms with E-state index in [1.807, 2.05) is 24.3 Å². The van der Waals surface area contributed by atoms with E-state index < -0.39 is 0 Å². The van der Waals surface area contributed by atoms with Gasteiger partial charge in [-0.3, -0.25) is 0 Å². The second kappa shape index (κ2) is 6.55. The first kappa shape index (κ1) is 15.1. The Morgan fingerprint density at radius 3 is 2.79 bits per heavy atom. The van der Waals surface area contributed by atoms with Gasteiger partial charge in [0.25, 0.3) is 0 Å². The lowest BCUT2D eigenvalue weighted by molar-refractivity contribution is 0.415. The fraction of sp³-hybridized carbons (Fsp3) is 0.0556. The van der Waals surface area contributed by atoms with Crippen molar-refractivity contribution in [2.75, 3.05) is 12.4 Å². The average molecular weight is 316 g/mol. The molecule has 2 aromatic carbocycles. The largest absolute Gasteiger partial charge is 0.497 e. The molecule has 0 unspecified atom stereocenters. The second-order valence-corrected chi connectivity index (χ2v) is 4.86. The molecule has 1 aromatic heterocycles. The quantitative estimate of drug-likeness (QED) is 0.735. The van der Waals surface area contributed by atoms with Gasteiger partial charge < -0.3 is 14.5 Å². The van der Waals surface area contributed by atoms with E-state index in [1.165, 1.54) is 6.20 Å². The molecule has 0 saturated carbocycles. The fourth-order valence-electron chi connectivity index (χ4n) is 2.14. The highest BCUT2D eigenvalue weighted by molar-refractivity contribution is 5.80. The van der Waals surface area contributed by atoms with Crippen LogP contribution < -0.4 is 10.1 Å². The molecule has 24 heavy (non-hydrogen) atoms. The van der Waals surface area contributed by atoms with Gasteiger partial charge in [0.1, 0.15) is 29.0 Å². The SMILES string of the molecule is COc1cccc(-c2nc3cc(NC=C(C#N)C#N)ccc3o2)c1. The standard InChI is InChI=1S/C18H12N4O2/c1-23-15-4-2-3-13(7-15)18-22-16-8-14(5-6-17(16)24-18)21-11-12(9-19)10-20/h2-8,11,21H,1H3. The highest BCUT2D eigenvalue weighted by Crippen LogP contribution is 2.28. The van der Waals surface area contributed by atoms with Crippen LogP contribution in [-0.2, 0) is 0 Å². The molecule has 0 saturated heterocycles. The number of nitriles is 2. The molecular formula is C18H12N4O2. The van der Waals surface area contributed by atoms with Gasteiger partial charge in [-0.15, -0.1) is 0 Å². The van der Waals surface area contributed by atoms with E-state index in [0.29, 0.717) is 22.7 Å². The summed E-state index contributed by atoms with van der Waals surface area (Å²) in [6.45, 7) is 0. The molecule has 0 atom stereocenters. The molecule has 0 amide bonds. The monoisotopic (exact) mass is 316 g/mol. The van der Waals surface area contributed by atoms with Gasteiger partial charge in [-0.25, -0.2) is 4.98 Å². The summed E-state index contributed by atoms with van der Waals surface area (Å²) in [6.07, 6.45) is 1.35. The number of nitrogens with one attached hydrogen (secondary N) is 1. The summed E-state index contributed by atoms with van der Waals surface area (Å²) >= 11 is 0. The molecular weight excluding hydrogens is 304 g/mol. The van der Waals surface area contributed by atoms with E-state index in [1.54, 1.807) is 37.4 Å². The first-order valence-electron chi connectivity index (χ1n) is 7.05. The van der Waals surface area contributed by atoms with Crippen LogP contribution in [-0.4, -0.2) is 12.1 Å². The molecule has 1 heterocycles. The lowest BCUT2D eigenvalue weighted by Crippen LogP contribution is -1.89. The molecule has 0 fully saturated rings. The third kappa shape index (κ3) is 3.03. The van der Waals surface area contributed by atoms with Crippen molar-refractivity contribution in [3.63, 3.8) is 0 Å². The number of rotatable bonds is 4. The molecule has 0 aliphatic carbocycles. The minimum atomic E-state index is -0.00711. The summed E-state index contributed by atoms with van der Waals surface area (Å²) < 4.78 is 11.0. The van der Waals surface area contributed by atoms with Gasteiger partial charge in [0.05, 0.1) is 7.11 Å². The van der Waals surface area contributed by atoms with Crippen LogP contribution in [0.15, 0.2) is 58.7 Å².